The molecule has 0 radical (unpaired) electrons. The van der Waals surface area contributed by atoms with E-state index in [1.54, 1.807) is 23.3 Å². The Morgan fingerprint density at radius 3 is 2.59 bits per heavy atom. The Balaban J connectivity index is 1.56. The van der Waals surface area contributed by atoms with Crippen LogP contribution in [-0.4, -0.2) is 55.0 Å². The van der Waals surface area contributed by atoms with E-state index in [0.29, 0.717) is 19.7 Å². The molecule has 0 N–H and O–H groups in total. The van der Waals surface area contributed by atoms with Crippen molar-refractivity contribution in [3.63, 3.8) is 0 Å². The van der Waals surface area contributed by atoms with Crippen molar-refractivity contribution in [2.75, 3.05) is 33.4 Å². The molecule has 1 aliphatic heterocycles. The third-order valence-corrected chi connectivity index (χ3v) is 7.83. The maximum absolute atomic E-state index is 13.6. The lowest BCUT2D eigenvalue weighted by atomic mass is 9.88. The fourth-order valence-electron chi connectivity index (χ4n) is 5.02. The van der Waals surface area contributed by atoms with Gasteiger partial charge >= 0.3 is 0 Å². The van der Waals surface area contributed by atoms with Gasteiger partial charge in [-0.05, 0) is 48.8 Å². The first-order chi connectivity index (χ1) is 15.6. The minimum Gasteiger partial charge on any atom is -0.383 e. The molecule has 2 heterocycles. The largest absolute Gasteiger partial charge is 0.383 e. The lowest BCUT2D eigenvalue weighted by molar-refractivity contribution is -0.145. The van der Waals surface area contributed by atoms with Gasteiger partial charge in [0.15, 0.2) is 0 Å². The molecule has 6 heteroatoms. The number of thiophene rings is 1. The number of rotatable bonds is 7. The summed E-state index contributed by atoms with van der Waals surface area (Å²) in [5, 5.41) is 2.12. The van der Waals surface area contributed by atoms with E-state index in [4.69, 9.17) is 4.74 Å². The second kappa shape index (κ2) is 10.6. The Hall–Kier alpha value is -2.18. The number of hydrogen-bond acceptors (Lipinski definition) is 4. The molecular weight excluding hydrogens is 420 g/mol. The molecule has 1 saturated carbocycles. The van der Waals surface area contributed by atoms with E-state index >= 15 is 0 Å². The summed E-state index contributed by atoms with van der Waals surface area (Å²) in [6.45, 7) is 3.79. The summed E-state index contributed by atoms with van der Waals surface area (Å²) >= 11 is 1.77. The summed E-state index contributed by atoms with van der Waals surface area (Å²) in [7, 11) is 1.64. The van der Waals surface area contributed by atoms with Crippen molar-refractivity contribution in [2.24, 2.45) is 5.92 Å². The predicted molar refractivity (Wildman–Crippen MR) is 128 cm³/mol. The zero-order valence-electron chi connectivity index (χ0n) is 19.2. The Kier molecular flexibility index (Phi) is 7.63. The number of amides is 2. The molecule has 32 heavy (non-hydrogen) atoms. The Morgan fingerprint density at radius 1 is 1.12 bits per heavy atom. The molecular formula is C26H34N2O3S. The molecule has 1 unspecified atom stereocenters. The lowest BCUT2D eigenvalue weighted by Crippen LogP contribution is -2.48. The first-order valence-corrected chi connectivity index (χ1v) is 12.7. The van der Waals surface area contributed by atoms with Crippen molar-refractivity contribution in [1.29, 1.82) is 0 Å². The Morgan fingerprint density at radius 2 is 1.88 bits per heavy atom. The molecule has 1 atom stereocenters. The van der Waals surface area contributed by atoms with Gasteiger partial charge in [-0.15, -0.1) is 11.3 Å². The maximum Gasteiger partial charge on any atom is 0.242 e. The first-order valence-electron chi connectivity index (χ1n) is 11.8. The molecule has 2 aromatic rings. The minimum absolute atomic E-state index is 0.0210. The molecule has 4 rings (SSSR count). The topological polar surface area (TPSA) is 49.9 Å². The van der Waals surface area contributed by atoms with Gasteiger partial charge in [-0.3, -0.25) is 9.59 Å². The van der Waals surface area contributed by atoms with Gasteiger partial charge in [0.2, 0.25) is 11.8 Å². The zero-order chi connectivity index (χ0) is 22.5. The average molecular weight is 455 g/mol. The van der Waals surface area contributed by atoms with Gasteiger partial charge in [-0.1, -0.05) is 49.1 Å². The van der Waals surface area contributed by atoms with Crippen LogP contribution in [-0.2, 0) is 20.7 Å². The monoisotopic (exact) mass is 454 g/mol. The van der Waals surface area contributed by atoms with Crippen LogP contribution in [0.2, 0.25) is 0 Å². The van der Waals surface area contributed by atoms with E-state index in [0.717, 1.165) is 37.7 Å². The van der Waals surface area contributed by atoms with Crippen molar-refractivity contribution in [3.05, 3.63) is 57.3 Å². The van der Waals surface area contributed by atoms with Crippen molar-refractivity contribution in [2.45, 2.75) is 51.5 Å². The van der Waals surface area contributed by atoms with Crippen LogP contribution in [0.1, 0.15) is 59.7 Å². The first kappa shape index (κ1) is 23.0. The van der Waals surface area contributed by atoms with Crippen molar-refractivity contribution < 1.29 is 14.3 Å². The number of benzene rings is 1. The summed E-state index contributed by atoms with van der Waals surface area (Å²) in [6, 6.07) is 10.5. The van der Waals surface area contributed by atoms with Gasteiger partial charge in [-0.2, -0.15) is 0 Å². The van der Waals surface area contributed by atoms with Crippen molar-refractivity contribution in [1.82, 2.24) is 9.80 Å². The van der Waals surface area contributed by atoms with Gasteiger partial charge in [0.05, 0.1) is 19.2 Å². The fourth-order valence-corrected chi connectivity index (χ4v) is 5.93. The van der Waals surface area contributed by atoms with E-state index in [9.17, 15) is 9.59 Å². The van der Waals surface area contributed by atoms with Gasteiger partial charge in [0, 0.05) is 31.0 Å². The van der Waals surface area contributed by atoms with Crippen LogP contribution in [0.3, 0.4) is 0 Å². The van der Waals surface area contributed by atoms with Gasteiger partial charge in [-0.25, -0.2) is 0 Å². The number of carbonyl (C=O) groups is 2. The highest BCUT2D eigenvalue weighted by Gasteiger charge is 2.35. The smallest absolute Gasteiger partial charge is 0.242 e. The average Bonchev–Trinajstić information content (AvgIpc) is 3.30. The summed E-state index contributed by atoms with van der Waals surface area (Å²) in [6.07, 6.45) is 6.15. The molecule has 1 aromatic carbocycles. The van der Waals surface area contributed by atoms with Crippen LogP contribution in [0.15, 0.2) is 35.7 Å². The number of fused-ring (bicyclic) bond motifs is 1. The molecule has 1 aromatic heterocycles. The molecule has 0 spiro atoms. The van der Waals surface area contributed by atoms with Gasteiger partial charge < -0.3 is 14.5 Å². The number of nitrogens with zero attached hydrogens (tertiary/aromatic N) is 2. The molecule has 5 nitrogen and oxygen atoms in total. The minimum atomic E-state index is -0.0906. The highest BCUT2D eigenvalue weighted by atomic mass is 32.1. The van der Waals surface area contributed by atoms with E-state index in [-0.39, 0.29) is 30.3 Å². The van der Waals surface area contributed by atoms with Crippen LogP contribution < -0.4 is 0 Å². The Bertz CT molecular complexity index is 917. The highest BCUT2D eigenvalue weighted by Crippen LogP contribution is 2.38. The van der Waals surface area contributed by atoms with E-state index in [1.165, 1.54) is 22.4 Å². The SMILES string of the molecule is COCCN(CC(=O)N1CCc2sccc2C1c1ccc(C)cc1)C(=O)C1CCCCC1. The molecule has 0 saturated heterocycles. The van der Waals surface area contributed by atoms with Crippen LogP contribution in [0.5, 0.6) is 0 Å². The maximum atomic E-state index is 13.6. The van der Waals surface area contributed by atoms with Crippen molar-refractivity contribution in [3.8, 4) is 0 Å². The van der Waals surface area contributed by atoms with Crippen LogP contribution in [0, 0.1) is 12.8 Å². The molecule has 2 amide bonds. The zero-order valence-corrected chi connectivity index (χ0v) is 20.0. The van der Waals surface area contributed by atoms with Gasteiger partial charge in [0.1, 0.15) is 0 Å². The van der Waals surface area contributed by atoms with Crippen molar-refractivity contribution >= 4 is 23.2 Å². The van der Waals surface area contributed by atoms with E-state index < -0.39 is 0 Å². The number of ether oxygens (including phenoxy) is 1. The van der Waals surface area contributed by atoms with E-state index in [1.807, 2.05) is 4.90 Å². The van der Waals surface area contributed by atoms with Crippen LogP contribution in [0.4, 0.5) is 0 Å². The molecule has 1 aliphatic carbocycles. The molecule has 0 bridgehead atoms. The fraction of sp³-hybridized carbons (Fsp3) is 0.538. The number of hydrogen-bond donors (Lipinski definition) is 0. The molecule has 2 aliphatic rings. The highest BCUT2D eigenvalue weighted by molar-refractivity contribution is 7.10. The summed E-state index contributed by atoms with van der Waals surface area (Å²) in [5.74, 6) is 0.189. The van der Waals surface area contributed by atoms with Gasteiger partial charge in [0.25, 0.3) is 0 Å². The van der Waals surface area contributed by atoms with Crippen LogP contribution >= 0.6 is 11.3 Å². The second-order valence-corrected chi connectivity index (χ2v) is 10.0. The summed E-state index contributed by atoms with van der Waals surface area (Å²) < 4.78 is 5.26. The molecule has 1 fully saturated rings. The number of carbonyl (C=O) groups excluding carboxylic acids is 2. The van der Waals surface area contributed by atoms with Crippen LogP contribution in [0.25, 0.3) is 0 Å². The normalized spacial score (nSPS) is 18.9. The number of aryl methyl sites for hydroxylation is 1. The van der Waals surface area contributed by atoms with E-state index in [2.05, 4.69) is 42.6 Å². The summed E-state index contributed by atoms with van der Waals surface area (Å²) in [4.78, 5) is 32.0. The quantitative estimate of drug-likeness (QED) is 0.615. The summed E-state index contributed by atoms with van der Waals surface area (Å²) in [5.41, 5.74) is 3.56. The lowest BCUT2D eigenvalue weighted by Gasteiger charge is -2.38. The second-order valence-electron chi connectivity index (χ2n) is 9.04. The standard InChI is InChI=1S/C26H34N2O3S/c1-19-8-10-20(11-9-19)25-22-13-17-32-23(22)12-14-28(25)24(29)18-27(15-16-31-2)26(30)21-6-4-3-5-7-21/h8-11,13,17,21,25H,3-7,12,14-16,18H2,1-2H3. The number of methoxy groups -OCH3 is 1. The predicted octanol–water partition coefficient (Wildman–Crippen LogP) is 4.59. The molecule has 172 valence electrons. The third-order valence-electron chi connectivity index (χ3n) is 6.84. The third kappa shape index (κ3) is 5.07. The Labute approximate surface area is 195 Å².